The zero-order valence-electron chi connectivity index (χ0n) is 37.0. The number of benzene rings is 10. The highest BCUT2D eigenvalue weighted by Gasteiger charge is 2.26. The van der Waals surface area contributed by atoms with E-state index < -0.39 is 0 Å². The summed E-state index contributed by atoms with van der Waals surface area (Å²) in [4.78, 5) is 10.8. The third-order valence-electron chi connectivity index (χ3n) is 14.1. The van der Waals surface area contributed by atoms with Crippen molar-refractivity contribution in [3.05, 3.63) is 240 Å². The number of fused-ring (bicyclic) bond motifs is 10. The second-order valence-electron chi connectivity index (χ2n) is 18.0. The lowest BCUT2D eigenvalue weighted by Crippen LogP contribution is -2.33. The summed E-state index contributed by atoms with van der Waals surface area (Å²) in [6.07, 6.45) is 6.31. The zero-order valence-corrected chi connectivity index (χ0v) is 37.0. The van der Waals surface area contributed by atoms with Crippen LogP contribution in [0.4, 0.5) is 0 Å². The average Bonchev–Trinajstić information content (AvgIpc) is 3.95. The molecule has 2 aliphatic rings. The predicted molar refractivity (Wildman–Crippen MR) is 283 cm³/mol. The summed E-state index contributed by atoms with van der Waals surface area (Å²) in [7, 11) is 0. The second-order valence-corrected chi connectivity index (χ2v) is 18.0. The van der Waals surface area contributed by atoms with Gasteiger partial charge in [-0.2, -0.15) is 0 Å². The summed E-state index contributed by atoms with van der Waals surface area (Å²) in [6.45, 7) is 0. The minimum atomic E-state index is -0.386. The van der Waals surface area contributed by atoms with Gasteiger partial charge in [-0.1, -0.05) is 176 Å². The van der Waals surface area contributed by atoms with Crippen LogP contribution < -0.4 is 5.32 Å². The molecule has 0 fully saturated rings. The van der Waals surface area contributed by atoms with Crippen LogP contribution >= 0.6 is 0 Å². The predicted octanol–water partition coefficient (Wildman–Crippen LogP) is 15.8. The van der Waals surface area contributed by atoms with Gasteiger partial charge in [0, 0.05) is 44.3 Å². The average molecular weight is 871 g/mol. The van der Waals surface area contributed by atoms with E-state index in [1.165, 1.54) is 60.0 Å². The maximum Gasteiger partial charge on any atom is 0.160 e. The van der Waals surface area contributed by atoms with Gasteiger partial charge >= 0.3 is 0 Å². The van der Waals surface area contributed by atoms with Gasteiger partial charge in [0.15, 0.2) is 5.84 Å². The van der Waals surface area contributed by atoms with Gasteiger partial charge in [0.25, 0.3) is 0 Å². The number of aryl methyl sites for hydroxylation is 1. The first-order valence-corrected chi connectivity index (χ1v) is 23.5. The number of rotatable bonds is 6. The SMILES string of the molecule is C1=Cc2cc3c(cc2CC1)c1c2ccccc2ccc1n3-c1cc2oc3cccc(C4=NC(c5ccc6ccccc6c5)NC(c5ccc(-c6ccccc6)cc5)=N4)c3c2cc1-c1ccccc1. The number of nitrogens with one attached hydrogen (secondary N) is 1. The van der Waals surface area contributed by atoms with Gasteiger partial charge < -0.3 is 14.3 Å². The summed E-state index contributed by atoms with van der Waals surface area (Å²) in [5.74, 6) is 1.41. The summed E-state index contributed by atoms with van der Waals surface area (Å²) in [5.41, 5.74) is 15.2. The topological polar surface area (TPSA) is 54.8 Å². The van der Waals surface area contributed by atoms with E-state index >= 15 is 0 Å². The molecule has 1 aliphatic carbocycles. The van der Waals surface area contributed by atoms with Crippen molar-refractivity contribution in [2.45, 2.75) is 19.0 Å². The molecular weight excluding hydrogens is 829 g/mol. The molecule has 0 bridgehead atoms. The molecule has 2 aromatic heterocycles. The molecule has 1 unspecified atom stereocenters. The molecule has 0 spiro atoms. The number of furan rings is 1. The Morgan fingerprint density at radius 3 is 2.09 bits per heavy atom. The largest absolute Gasteiger partial charge is 0.456 e. The molecule has 1 N–H and O–H groups in total. The summed E-state index contributed by atoms with van der Waals surface area (Å²) in [6, 6.07) is 74.0. The van der Waals surface area contributed by atoms with Gasteiger partial charge in [0.2, 0.25) is 0 Å². The van der Waals surface area contributed by atoms with Crippen LogP contribution in [-0.4, -0.2) is 16.2 Å². The minimum Gasteiger partial charge on any atom is -0.456 e. The van der Waals surface area contributed by atoms with Gasteiger partial charge in [0.1, 0.15) is 23.2 Å². The molecule has 1 atom stereocenters. The molecule has 1 aliphatic heterocycles. The van der Waals surface area contributed by atoms with Gasteiger partial charge in [-0.25, -0.2) is 9.98 Å². The molecule has 0 radical (unpaired) electrons. The normalized spacial score (nSPS) is 14.7. The van der Waals surface area contributed by atoms with Crippen LogP contribution in [0.15, 0.2) is 227 Å². The molecule has 0 saturated carbocycles. The minimum absolute atomic E-state index is 0.386. The highest BCUT2D eigenvalue weighted by Crippen LogP contribution is 2.44. The van der Waals surface area contributed by atoms with Crippen LogP contribution in [0.25, 0.3) is 99.3 Å². The first-order valence-electron chi connectivity index (χ1n) is 23.5. The van der Waals surface area contributed by atoms with E-state index in [9.17, 15) is 0 Å². The zero-order chi connectivity index (χ0) is 44.7. The standard InChI is InChI=1S/C63H42N4O/c1-3-14-39(15-4-1)41-26-29-44(30-27-41)61-64-62(48-31-28-40-16-7-8-20-45(40)34-48)66-63(65-61)50-24-13-25-57-60(50)53-37-51(42-17-5-2-6-18-42)56(38-58(53)68-57)67-54-33-32-43-19-11-12-23-49(43)59(54)52-35-46-21-9-10-22-47(46)36-55(52)67/h1-8,10-20,22-38,62H,9,21H2,(H,64,65,66). The van der Waals surface area contributed by atoms with E-state index in [-0.39, 0.29) is 6.17 Å². The lowest BCUT2D eigenvalue weighted by molar-refractivity contribution is 0.668. The molecule has 68 heavy (non-hydrogen) atoms. The Morgan fingerprint density at radius 2 is 1.24 bits per heavy atom. The Morgan fingerprint density at radius 1 is 0.500 bits per heavy atom. The van der Waals surface area contributed by atoms with Crippen molar-refractivity contribution in [3.63, 3.8) is 0 Å². The van der Waals surface area contributed by atoms with Crippen LogP contribution in [0.1, 0.15) is 40.4 Å². The maximum atomic E-state index is 6.98. The maximum absolute atomic E-state index is 6.98. The molecule has 12 aromatic rings. The first kappa shape index (κ1) is 38.5. The van der Waals surface area contributed by atoms with Crippen LogP contribution in [0.5, 0.6) is 0 Å². The Labute approximate surface area is 392 Å². The Kier molecular flexibility index (Phi) is 8.71. The van der Waals surface area contributed by atoms with Crippen molar-refractivity contribution in [2.24, 2.45) is 9.98 Å². The van der Waals surface area contributed by atoms with Crippen LogP contribution in [0.2, 0.25) is 0 Å². The van der Waals surface area contributed by atoms with Crippen molar-refractivity contribution in [1.82, 2.24) is 9.88 Å². The molecule has 5 heteroatoms. The highest BCUT2D eigenvalue weighted by molar-refractivity contribution is 6.24. The van der Waals surface area contributed by atoms with E-state index in [1.54, 1.807) is 0 Å². The molecule has 10 aromatic carbocycles. The summed E-state index contributed by atoms with van der Waals surface area (Å²) >= 11 is 0. The highest BCUT2D eigenvalue weighted by atomic mass is 16.3. The number of aromatic nitrogens is 1. The fourth-order valence-corrected chi connectivity index (χ4v) is 10.8. The number of amidine groups is 2. The van der Waals surface area contributed by atoms with Gasteiger partial charge in [0.05, 0.1) is 16.7 Å². The number of hydrogen-bond donors (Lipinski definition) is 1. The lowest BCUT2D eigenvalue weighted by atomic mass is 9.94. The lowest BCUT2D eigenvalue weighted by Gasteiger charge is -2.24. The van der Waals surface area contributed by atoms with Gasteiger partial charge in [-0.05, 0) is 104 Å². The molecular formula is C63H42N4O. The summed E-state index contributed by atoms with van der Waals surface area (Å²) in [5, 5.41) is 13.1. The van der Waals surface area contributed by atoms with Gasteiger partial charge in [-0.15, -0.1) is 0 Å². The van der Waals surface area contributed by atoms with Crippen LogP contribution in [-0.2, 0) is 6.42 Å². The molecule has 320 valence electrons. The molecule has 14 rings (SSSR count). The molecule has 0 amide bonds. The van der Waals surface area contributed by atoms with Crippen molar-refractivity contribution in [1.29, 1.82) is 0 Å². The van der Waals surface area contributed by atoms with E-state index in [2.05, 4.69) is 222 Å². The van der Waals surface area contributed by atoms with Gasteiger partial charge in [-0.3, -0.25) is 0 Å². The number of aliphatic imine (C=N–C) groups is 2. The molecule has 0 saturated heterocycles. The number of hydrogen-bond acceptors (Lipinski definition) is 4. The fourth-order valence-electron chi connectivity index (χ4n) is 10.8. The second kappa shape index (κ2) is 15.4. The van der Waals surface area contributed by atoms with Crippen LogP contribution in [0.3, 0.4) is 0 Å². The number of allylic oxidation sites excluding steroid dienone is 1. The Hall–Kier alpha value is -8.80. The summed E-state index contributed by atoms with van der Waals surface area (Å²) < 4.78 is 9.45. The molecule has 5 nitrogen and oxygen atoms in total. The monoisotopic (exact) mass is 870 g/mol. The van der Waals surface area contributed by atoms with E-state index in [1.807, 2.05) is 6.07 Å². The van der Waals surface area contributed by atoms with Crippen LogP contribution in [0, 0.1) is 0 Å². The van der Waals surface area contributed by atoms with E-state index in [0.29, 0.717) is 5.84 Å². The van der Waals surface area contributed by atoms with Crippen molar-refractivity contribution >= 4 is 83.0 Å². The molecule has 3 heterocycles. The van der Waals surface area contributed by atoms with Crippen molar-refractivity contribution in [3.8, 4) is 27.9 Å². The smallest absolute Gasteiger partial charge is 0.160 e. The van der Waals surface area contributed by atoms with Crippen molar-refractivity contribution < 1.29 is 4.42 Å². The van der Waals surface area contributed by atoms with E-state index in [0.717, 1.165) is 79.7 Å². The van der Waals surface area contributed by atoms with Crippen molar-refractivity contribution in [2.75, 3.05) is 0 Å². The number of nitrogens with zero attached hydrogens (tertiary/aromatic N) is 3. The Balaban J connectivity index is 0.996. The quantitative estimate of drug-likeness (QED) is 0.181. The third-order valence-corrected chi connectivity index (χ3v) is 14.1. The van der Waals surface area contributed by atoms with E-state index in [4.69, 9.17) is 14.4 Å². The fraction of sp³-hybridized carbons (Fsp3) is 0.0476. The Bertz CT molecular complexity index is 4100. The third kappa shape index (κ3) is 6.24. The first-order chi connectivity index (χ1) is 33.7.